The highest BCUT2D eigenvalue weighted by atomic mass is 127. The first-order valence-electron chi connectivity index (χ1n) is 5.62. The summed E-state index contributed by atoms with van der Waals surface area (Å²) in [5.74, 6) is 0.400. The standard InChI is InChI=1S/C11H12IN5O2S/c1-17-6-8(12)9(16-17)10(18)14-15-11(20)13-5-7-3-2-4-19-7/h2-4,6H,5H2,1H3,(H,14,18)(H2,13,15,20). The molecular formula is C11H12IN5O2S. The van der Waals surface area contributed by atoms with Crippen molar-refractivity contribution in [3.05, 3.63) is 39.6 Å². The predicted molar refractivity (Wildman–Crippen MR) is 84.7 cm³/mol. The molecule has 0 radical (unpaired) electrons. The Morgan fingerprint density at radius 1 is 1.55 bits per heavy atom. The maximum atomic E-state index is 11.9. The van der Waals surface area contributed by atoms with Crippen LogP contribution in [-0.4, -0.2) is 20.8 Å². The Kier molecular flexibility index (Phi) is 4.95. The lowest BCUT2D eigenvalue weighted by Gasteiger charge is -2.09. The summed E-state index contributed by atoms with van der Waals surface area (Å²) >= 11 is 7.07. The molecule has 20 heavy (non-hydrogen) atoms. The Bertz CT molecular complexity index is 610. The molecule has 0 aromatic carbocycles. The SMILES string of the molecule is Cn1cc(I)c(C(=O)NNC(=S)NCc2ccco2)n1. The first-order valence-corrected chi connectivity index (χ1v) is 7.10. The molecule has 0 saturated carbocycles. The molecule has 0 atom stereocenters. The van der Waals surface area contributed by atoms with E-state index in [1.54, 1.807) is 30.3 Å². The molecule has 0 aliphatic rings. The van der Waals surface area contributed by atoms with Crippen LogP contribution >= 0.6 is 34.8 Å². The van der Waals surface area contributed by atoms with Crippen molar-refractivity contribution in [2.75, 3.05) is 0 Å². The largest absolute Gasteiger partial charge is 0.467 e. The van der Waals surface area contributed by atoms with Gasteiger partial charge in [-0.25, -0.2) is 0 Å². The van der Waals surface area contributed by atoms with E-state index in [1.807, 2.05) is 28.7 Å². The molecule has 2 rings (SSSR count). The van der Waals surface area contributed by atoms with Crippen LogP contribution in [0.15, 0.2) is 29.0 Å². The number of nitrogens with one attached hydrogen (secondary N) is 3. The molecule has 9 heteroatoms. The van der Waals surface area contributed by atoms with E-state index in [1.165, 1.54) is 0 Å². The summed E-state index contributed by atoms with van der Waals surface area (Å²) in [6.45, 7) is 0.440. The maximum Gasteiger partial charge on any atom is 0.291 e. The number of halogens is 1. The second-order valence-corrected chi connectivity index (χ2v) is 5.41. The van der Waals surface area contributed by atoms with Crippen molar-refractivity contribution in [2.45, 2.75) is 6.54 Å². The zero-order valence-electron chi connectivity index (χ0n) is 10.5. The molecule has 0 spiro atoms. The molecule has 7 nitrogen and oxygen atoms in total. The quantitative estimate of drug-likeness (QED) is 0.401. The molecule has 0 bridgehead atoms. The third-order valence-electron chi connectivity index (χ3n) is 2.29. The summed E-state index contributed by atoms with van der Waals surface area (Å²) in [4.78, 5) is 11.9. The van der Waals surface area contributed by atoms with Crippen LogP contribution in [0.3, 0.4) is 0 Å². The van der Waals surface area contributed by atoms with E-state index >= 15 is 0 Å². The number of carbonyl (C=O) groups excluding carboxylic acids is 1. The third-order valence-corrected chi connectivity index (χ3v) is 3.33. The topological polar surface area (TPSA) is 84.1 Å². The van der Waals surface area contributed by atoms with Crippen LogP contribution in [0.2, 0.25) is 0 Å². The van der Waals surface area contributed by atoms with Crippen molar-refractivity contribution in [3.8, 4) is 0 Å². The highest BCUT2D eigenvalue weighted by Gasteiger charge is 2.14. The molecule has 0 fully saturated rings. The number of carbonyl (C=O) groups is 1. The monoisotopic (exact) mass is 405 g/mol. The highest BCUT2D eigenvalue weighted by molar-refractivity contribution is 14.1. The summed E-state index contributed by atoms with van der Waals surface area (Å²) in [7, 11) is 1.75. The lowest BCUT2D eigenvalue weighted by Crippen LogP contribution is -2.46. The van der Waals surface area contributed by atoms with Gasteiger partial charge >= 0.3 is 0 Å². The average Bonchev–Trinajstić information content (AvgIpc) is 3.03. The molecule has 3 N–H and O–H groups in total. The number of nitrogens with zero attached hydrogens (tertiary/aromatic N) is 2. The fourth-order valence-corrected chi connectivity index (χ4v) is 2.29. The second-order valence-electron chi connectivity index (χ2n) is 3.84. The van der Waals surface area contributed by atoms with E-state index in [9.17, 15) is 4.79 Å². The minimum Gasteiger partial charge on any atom is -0.467 e. The molecule has 106 valence electrons. The van der Waals surface area contributed by atoms with Crippen LogP contribution in [0.25, 0.3) is 0 Å². The predicted octanol–water partition coefficient (Wildman–Crippen LogP) is 0.927. The Labute approximate surface area is 134 Å². The lowest BCUT2D eigenvalue weighted by molar-refractivity contribution is 0.0937. The average molecular weight is 405 g/mol. The number of aryl methyl sites for hydroxylation is 1. The van der Waals surface area contributed by atoms with Crippen molar-refractivity contribution in [1.82, 2.24) is 25.9 Å². The number of thiocarbonyl (C=S) groups is 1. The summed E-state index contributed by atoms with van der Waals surface area (Å²) in [5.41, 5.74) is 5.43. The summed E-state index contributed by atoms with van der Waals surface area (Å²) in [6.07, 6.45) is 3.33. The molecule has 2 aromatic heterocycles. The van der Waals surface area contributed by atoms with Crippen molar-refractivity contribution < 1.29 is 9.21 Å². The van der Waals surface area contributed by atoms with Crippen LogP contribution in [0, 0.1) is 3.57 Å². The number of furan rings is 1. The van der Waals surface area contributed by atoms with Gasteiger partial charge in [0.25, 0.3) is 5.91 Å². The van der Waals surface area contributed by atoms with E-state index in [-0.39, 0.29) is 5.91 Å². The van der Waals surface area contributed by atoms with Crippen LogP contribution in [0.5, 0.6) is 0 Å². The number of hydrogen-bond acceptors (Lipinski definition) is 4. The van der Waals surface area contributed by atoms with E-state index in [0.717, 1.165) is 9.33 Å². The fraction of sp³-hybridized carbons (Fsp3) is 0.182. The maximum absolute atomic E-state index is 11.9. The molecule has 0 unspecified atom stereocenters. The van der Waals surface area contributed by atoms with Crippen molar-refractivity contribution >= 4 is 45.8 Å². The molecule has 0 aliphatic heterocycles. The van der Waals surface area contributed by atoms with Crippen molar-refractivity contribution in [1.29, 1.82) is 0 Å². The Morgan fingerprint density at radius 2 is 2.35 bits per heavy atom. The highest BCUT2D eigenvalue weighted by Crippen LogP contribution is 2.08. The zero-order chi connectivity index (χ0) is 14.5. The summed E-state index contributed by atoms with van der Waals surface area (Å²) < 4.78 is 7.48. The first kappa shape index (κ1) is 14.8. The van der Waals surface area contributed by atoms with Gasteiger partial charge in [0.1, 0.15) is 5.76 Å². The van der Waals surface area contributed by atoms with Crippen LogP contribution in [0.4, 0.5) is 0 Å². The van der Waals surface area contributed by atoms with Crippen LogP contribution in [0.1, 0.15) is 16.2 Å². The van der Waals surface area contributed by atoms with E-state index < -0.39 is 0 Å². The Balaban J connectivity index is 1.78. The van der Waals surface area contributed by atoms with Gasteiger partial charge in [0.05, 0.1) is 16.4 Å². The minimum atomic E-state index is -0.350. The zero-order valence-corrected chi connectivity index (χ0v) is 13.5. The molecule has 1 amide bonds. The number of hydrazine groups is 1. The van der Waals surface area contributed by atoms with Gasteiger partial charge in [-0.15, -0.1) is 0 Å². The van der Waals surface area contributed by atoms with E-state index in [0.29, 0.717) is 17.4 Å². The third kappa shape index (κ3) is 3.93. The molecule has 2 heterocycles. The van der Waals surface area contributed by atoms with Gasteiger partial charge in [-0.05, 0) is 46.9 Å². The summed E-state index contributed by atoms with van der Waals surface area (Å²) in [5, 5.41) is 7.24. The van der Waals surface area contributed by atoms with Gasteiger partial charge in [-0.2, -0.15) is 5.10 Å². The molecule has 0 saturated heterocycles. The van der Waals surface area contributed by atoms with Gasteiger partial charge in [-0.3, -0.25) is 20.3 Å². The van der Waals surface area contributed by atoms with Gasteiger partial charge < -0.3 is 9.73 Å². The Hall–Kier alpha value is -1.62. The fourth-order valence-electron chi connectivity index (χ4n) is 1.41. The summed E-state index contributed by atoms with van der Waals surface area (Å²) in [6, 6.07) is 3.61. The van der Waals surface area contributed by atoms with Crippen LogP contribution < -0.4 is 16.2 Å². The Morgan fingerprint density at radius 3 is 2.95 bits per heavy atom. The van der Waals surface area contributed by atoms with Crippen molar-refractivity contribution in [2.24, 2.45) is 7.05 Å². The smallest absolute Gasteiger partial charge is 0.291 e. The van der Waals surface area contributed by atoms with Crippen molar-refractivity contribution in [3.63, 3.8) is 0 Å². The molecular weight excluding hydrogens is 393 g/mol. The second kappa shape index (κ2) is 6.70. The first-order chi connectivity index (χ1) is 9.56. The van der Waals surface area contributed by atoms with Gasteiger partial charge in [0, 0.05) is 13.2 Å². The number of aromatic nitrogens is 2. The number of rotatable bonds is 3. The molecule has 2 aromatic rings. The lowest BCUT2D eigenvalue weighted by atomic mass is 10.4. The van der Waals surface area contributed by atoms with Gasteiger partial charge in [0.15, 0.2) is 10.8 Å². The van der Waals surface area contributed by atoms with Gasteiger partial charge in [-0.1, -0.05) is 0 Å². The van der Waals surface area contributed by atoms with E-state index in [4.69, 9.17) is 16.6 Å². The van der Waals surface area contributed by atoms with E-state index in [2.05, 4.69) is 21.3 Å². The van der Waals surface area contributed by atoms with Crippen LogP contribution in [-0.2, 0) is 13.6 Å². The number of amides is 1. The normalized spacial score (nSPS) is 10.1. The minimum absolute atomic E-state index is 0.292. The molecule has 0 aliphatic carbocycles. The number of hydrogen-bond donors (Lipinski definition) is 3. The van der Waals surface area contributed by atoms with Gasteiger partial charge in [0.2, 0.25) is 0 Å².